The average molecular weight is 293 g/mol. The highest BCUT2D eigenvalue weighted by atomic mass is 79.9. The van der Waals surface area contributed by atoms with Crippen molar-refractivity contribution in [2.24, 2.45) is 0 Å². The molecular weight excluding hydrogens is 284 g/mol. The number of nitrogens with one attached hydrogen (secondary N) is 2. The molecule has 0 bridgehead atoms. The third-order valence-electron chi connectivity index (χ3n) is 2.10. The van der Waals surface area contributed by atoms with Gasteiger partial charge >= 0.3 is 0 Å². The maximum atomic E-state index is 11.8. The van der Waals surface area contributed by atoms with E-state index >= 15 is 0 Å². The summed E-state index contributed by atoms with van der Waals surface area (Å²) >= 11 is 3.31. The van der Waals surface area contributed by atoms with Crippen LogP contribution in [0, 0.1) is 0 Å². The van der Waals surface area contributed by atoms with Crippen molar-refractivity contribution in [2.45, 2.75) is 0 Å². The number of rotatable bonds is 2. The van der Waals surface area contributed by atoms with Crippen molar-refractivity contribution in [1.29, 1.82) is 0 Å². The standard InChI is InChI=1S/C12H9BrN2O2/c13-8-3-1-4-9(7-8)14-12(17)10-5-2-6-11(16)15-10/h1-7H,(H,14,17)(H,15,16). The quantitative estimate of drug-likeness (QED) is 0.893. The third kappa shape index (κ3) is 3.04. The molecule has 0 aliphatic heterocycles. The van der Waals surface area contributed by atoms with Crippen LogP contribution in [-0.2, 0) is 0 Å². The molecular formula is C12H9BrN2O2. The fourth-order valence-corrected chi connectivity index (χ4v) is 1.74. The van der Waals surface area contributed by atoms with Gasteiger partial charge in [0.2, 0.25) is 5.56 Å². The molecule has 2 rings (SSSR count). The molecule has 17 heavy (non-hydrogen) atoms. The number of pyridine rings is 1. The molecule has 0 fully saturated rings. The van der Waals surface area contributed by atoms with E-state index in [1.165, 1.54) is 12.1 Å². The topological polar surface area (TPSA) is 62.0 Å². The van der Waals surface area contributed by atoms with Crippen LogP contribution in [0.5, 0.6) is 0 Å². The molecule has 0 aliphatic rings. The van der Waals surface area contributed by atoms with E-state index in [9.17, 15) is 9.59 Å². The number of benzene rings is 1. The van der Waals surface area contributed by atoms with E-state index in [4.69, 9.17) is 0 Å². The lowest BCUT2D eigenvalue weighted by Gasteiger charge is -2.04. The third-order valence-corrected chi connectivity index (χ3v) is 2.59. The molecule has 2 aromatic rings. The number of halogens is 1. The van der Waals surface area contributed by atoms with E-state index < -0.39 is 0 Å². The van der Waals surface area contributed by atoms with Crippen LogP contribution in [0.1, 0.15) is 10.5 Å². The van der Waals surface area contributed by atoms with E-state index in [1.807, 2.05) is 12.1 Å². The molecule has 1 aromatic heterocycles. The van der Waals surface area contributed by atoms with Crippen LogP contribution in [0.3, 0.4) is 0 Å². The Balaban J connectivity index is 2.20. The number of aromatic amines is 1. The minimum atomic E-state index is -0.346. The van der Waals surface area contributed by atoms with Gasteiger partial charge in [-0.15, -0.1) is 0 Å². The molecule has 0 spiro atoms. The summed E-state index contributed by atoms with van der Waals surface area (Å²) in [6.45, 7) is 0. The van der Waals surface area contributed by atoms with E-state index in [-0.39, 0.29) is 17.2 Å². The zero-order chi connectivity index (χ0) is 12.3. The molecule has 1 heterocycles. The molecule has 0 radical (unpaired) electrons. The molecule has 0 atom stereocenters. The van der Waals surface area contributed by atoms with Gasteiger partial charge < -0.3 is 10.3 Å². The zero-order valence-corrected chi connectivity index (χ0v) is 10.3. The molecule has 0 saturated carbocycles. The van der Waals surface area contributed by atoms with Gasteiger partial charge in [0, 0.05) is 16.2 Å². The summed E-state index contributed by atoms with van der Waals surface area (Å²) in [5.41, 5.74) is 0.596. The Labute approximate surface area is 106 Å². The van der Waals surface area contributed by atoms with Gasteiger partial charge in [-0.3, -0.25) is 9.59 Å². The van der Waals surface area contributed by atoms with E-state index in [0.717, 1.165) is 4.47 Å². The van der Waals surface area contributed by atoms with Crippen molar-refractivity contribution in [2.75, 3.05) is 5.32 Å². The summed E-state index contributed by atoms with van der Waals surface area (Å²) < 4.78 is 0.872. The van der Waals surface area contributed by atoms with Gasteiger partial charge in [-0.1, -0.05) is 28.1 Å². The Hall–Kier alpha value is -1.88. The van der Waals surface area contributed by atoms with Crippen LogP contribution in [0.15, 0.2) is 51.7 Å². The number of anilines is 1. The number of aromatic nitrogens is 1. The van der Waals surface area contributed by atoms with Crippen molar-refractivity contribution in [1.82, 2.24) is 4.98 Å². The van der Waals surface area contributed by atoms with Crippen LogP contribution in [0.25, 0.3) is 0 Å². The fraction of sp³-hybridized carbons (Fsp3) is 0. The molecule has 0 unspecified atom stereocenters. The molecule has 1 amide bonds. The summed E-state index contributed by atoms with van der Waals surface area (Å²) in [7, 11) is 0. The van der Waals surface area contributed by atoms with Crippen LogP contribution in [0.2, 0.25) is 0 Å². The lowest BCUT2D eigenvalue weighted by Crippen LogP contribution is -2.17. The highest BCUT2D eigenvalue weighted by Gasteiger charge is 2.06. The lowest BCUT2D eigenvalue weighted by molar-refractivity contribution is 0.102. The minimum Gasteiger partial charge on any atom is -0.321 e. The Kier molecular flexibility index (Phi) is 3.39. The summed E-state index contributed by atoms with van der Waals surface area (Å²) in [6, 6.07) is 11.7. The van der Waals surface area contributed by atoms with Crippen molar-refractivity contribution < 1.29 is 4.79 Å². The molecule has 1 aromatic carbocycles. The molecule has 0 aliphatic carbocycles. The first kappa shape index (κ1) is 11.6. The zero-order valence-electron chi connectivity index (χ0n) is 8.74. The van der Waals surface area contributed by atoms with Gasteiger partial charge in [0.1, 0.15) is 5.69 Å². The summed E-state index contributed by atoms with van der Waals surface area (Å²) in [5, 5.41) is 2.69. The van der Waals surface area contributed by atoms with Gasteiger partial charge in [0.05, 0.1) is 0 Å². The Bertz CT molecular complexity index is 607. The fourth-order valence-electron chi connectivity index (χ4n) is 1.34. The maximum absolute atomic E-state index is 11.8. The monoisotopic (exact) mass is 292 g/mol. The number of amides is 1. The Morgan fingerprint density at radius 2 is 1.94 bits per heavy atom. The first-order valence-electron chi connectivity index (χ1n) is 4.91. The van der Waals surface area contributed by atoms with Crippen LogP contribution >= 0.6 is 15.9 Å². The largest absolute Gasteiger partial charge is 0.321 e. The highest BCUT2D eigenvalue weighted by Crippen LogP contribution is 2.15. The first-order chi connectivity index (χ1) is 8.15. The van der Waals surface area contributed by atoms with Crippen LogP contribution in [0.4, 0.5) is 5.69 Å². The van der Waals surface area contributed by atoms with Gasteiger partial charge in [-0.25, -0.2) is 0 Å². The summed E-state index contributed by atoms with van der Waals surface area (Å²) in [6.07, 6.45) is 0. The normalized spacial score (nSPS) is 9.94. The molecule has 0 saturated heterocycles. The molecule has 4 nitrogen and oxygen atoms in total. The van der Waals surface area contributed by atoms with Gasteiger partial charge in [0.15, 0.2) is 0 Å². The number of carbonyl (C=O) groups excluding carboxylic acids is 1. The SMILES string of the molecule is O=C(Nc1cccc(Br)c1)c1cccc(=O)[nH]1. The predicted molar refractivity (Wildman–Crippen MR) is 69.2 cm³/mol. The smallest absolute Gasteiger partial charge is 0.272 e. The molecule has 2 N–H and O–H groups in total. The summed E-state index contributed by atoms with van der Waals surface area (Å²) in [4.78, 5) is 25.3. The predicted octanol–water partition coefficient (Wildman–Crippen LogP) is 2.39. The second kappa shape index (κ2) is 4.97. The number of H-pyrrole nitrogens is 1. The number of hydrogen-bond donors (Lipinski definition) is 2. The van der Waals surface area contributed by atoms with E-state index in [2.05, 4.69) is 26.2 Å². The van der Waals surface area contributed by atoms with Crippen molar-refractivity contribution in [3.63, 3.8) is 0 Å². The van der Waals surface area contributed by atoms with Crippen LogP contribution < -0.4 is 10.9 Å². The van der Waals surface area contributed by atoms with Crippen LogP contribution in [-0.4, -0.2) is 10.9 Å². The summed E-state index contributed by atoms with van der Waals surface area (Å²) in [5.74, 6) is -0.346. The van der Waals surface area contributed by atoms with Crippen molar-refractivity contribution in [3.05, 3.63) is 63.0 Å². The first-order valence-corrected chi connectivity index (χ1v) is 5.71. The Morgan fingerprint density at radius 1 is 1.18 bits per heavy atom. The minimum absolute atomic E-state index is 0.234. The Morgan fingerprint density at radius 3 is 2.65 bits per heavy atom. The second-order valence-electron chi connectivity index (χ2n) is 3.39. The van der Waals surface area contributed by atoms with Gasteiger partial charge in [-0.2, -0.15) is 0 Å². The second-order valence-corrected chi connectivity index (χ2v) is 4.31. The van der Waals surface area contributed by atoms with E-state index in [0.29, 0.717) is 5.69 Å². The average Bonchev–Trinajstić information content (AvgIpc) is 2.29. The maximum Gasteiger partial charge on any atom is 0.272 e. The van der Waals surface area contributed by atoms with Crippen molar-refractivity contribution in [3.8, 4) is 0 Å². The van der Waals surface area contributed by atoms with Gasteiger partial charge in [0.25, 0.3) is 5.91 Å². The number of hydrogen-bond acceptors (Lipinski definition) is 2. The van der Waals surface area contributed by atoms with E-state index in [1.54, 1.807) is 18.2 Å². The highest BCUT2D eigenvalue weighted by molar-refractivity contribution is 9.10. The number of carbonyl (C=O) groups is 1. The van der Waals surface area contributed by atoms with Crippen molar-refractivity contribution >= 4 is 27.5 Å². The molecule has 86 valence electrons. The molecule has 5 heteroatoms. The lowest BCUT2D eigenvalue weighted by atomic mass is 10.3. The van der Waals surface area contributed by atoms with Gasteiger partial charge in [-0.05, 0) is 24.3 Å².